The molecule has 11 nitrogen and oxygen atoms in total. The fourth-order valence-corrected chi connectivity index (χ4v) is 5.30. The zero-order valence-electron chi connectivity index (χ0n) is 21.3. The number of aryl methyl sites for hydroxylation is 2. The molecular weight excluding hydrogens is 563 g/mol. The van der Waals surface area contributed by atoms with Crippen molar-refractivity contribution < 1.29 is 13.2 Å². The molecule has 1 aliphatic heterocycles. The summed E-state index contributed by atoms with van der Waals surface area (Å²) in [6.45, 7) is -0.135. The molecule has 0 radical (unpaired) electrons. The van der Waals surface area contributed by atoms with Gasteiger partial charge in [0.2, 0.25) is 5.95 Å². The zero-order chi connectivity index (χ0) is 28.4. The monoisotopic (exact) mass is 583 g/mol. The van der Waals surface area contributed by atoms with Crippen LogP contribution in [0.15, 0.2) is 40.2 Å². The Hall–Kier alpha value is -4.46. The van der Waals surface area contributed by atoms with Crippen molar-refractivity contribution >= 4 is 34.1 Å². The van der Waals surface area contributed by atoms with Crippen LogP contribution in [0.4, 0.5) is 24.8 Å². The Morgan fingerprint density at radius 1 is 1.00 bits per heavy atom. The number of anilines is 2. The molecule has 2 aromatic carbocycles. The Labute approximate surface area is 233 Å². The van der Waals surface area contributed by atoms with Crippen molar-refractivity contribution in [2.45, 2.75) is 51.4 Å². The van der Waals surface area contributed by atoms with Crippen molar-refractivity contribution in [3.8, 4) is 0 Å². The van der Waals surface area contributed by atoms with Gasteiger partial charge in [-0.1, -0.05) is 11.6 Å². The highest BCUT2D eigenvalue weighted by molar-refractivity contribution is 6.35. The summed E-state index contributed by atoms with van der Waals surface area (Å²) in [4.78, 5) is 35.1. The van der Waals surface area contributed by atoms with Crippen LogP contribution in [0.1, 0.15) is 42.4 Å². The van der Waals surface area contributed by atoms with E-state index in [1.54, 1.807) is 10.7 Å². The smallest absolute Gasteiger partial charge is 0.322 e. The van der Waals surface area contributed by atoms with Gasteiger partial charge in [-0.15, -0.1) is 0 Å². The van der Waals surface area contributed by atoms with E-state index in [-0.39, 0.29) is 34.9 Å². The molecule has 0 bridgehead atoms. The highest BCUT2D eigenvalue weighted by atomic mass is 35.5. The normalized spacial score (nSPS) is 14.6. The third-order valence-corrected chi connectivity index (χ3v) is 7.65. The standard InChI is InChI=1S/C26H21ClF3N9O2/c27-16-6-5-15-20-2-1-7-38(20)35-22(15)23(16)32-24-33-25(40)37(11-21-31-12-39(34-21)14-3-4-14)26(41)36(24)10-13-8-18(29)19(30)9-17(13)28/h5-6,8-9,12,14H,1-4,7,10-11H2,(H,32,33,40). The van der Waals surface area contributed by atoms with Crippen LogP contribution < -0.4 is 16.7 Å². The van der Waals surface area contributed by atoms with E-state index in [1.165, 1.54) is 6.33 Å². The Kier molecular flexibility index (Phi) is 5.96. The number of rotatable bonds is 7. The second-order valence-electron chi connectivity index (χ2n) is 10.1. The van der Waals surface area contributed by atoms with E-state index in [1.807, 2.05) is 10.7 Å². The van der Waals surface area contributed by atoms with Gasteiger partial charge in [0.15, 0.2) is 17.5 Å². The Morgan fingerprint density at radius 3 is 2.61 bits per heavy atom. The predicted octanol–water partition coefficient (Wildman–Crippen LogP) is 3.54. The molecule has 5 aromatic rings. The van der Waals surface area contributed by atoms with Crippen LogP contribution in [0.2, 0.25) is 5.02 Å². The number of nitrogens with one attached hydrogen (secondary N) is 1. The van der Waals surface area contributed by atoms with E-state index in [0.717, 1.165) is 52.4 Å². The maximum absolute atomic E-state index is 14.7. The number of halogens is 4. The summed E-state index contributed by atoms with van der Waals surface area (Å²) in [5.41, 5.74) is -0.316. The van der Waals surface area contributed by atoms with Crippen LogP contribution in [0.25, 0.3) is 10.9 Å². The number of hydrogen-bond donors (Lipinski definition) is 1. The minimum absolute atomic E-state index is 0.213. The van der Waals surface area contributed by atoms with Crippen LogP contribution >= 0.6 is 11.6 Å². The van der Waals surface area contributed by atoms with Gasteiger partial charge in [0.05, 0.1) is 29.8 Å². The minimum atomic E-state index is -1.37. The first-order chi connectivity index (χ1) is 19.8. The van der Waals surface area contributed by atoms with Crippen molar-refractivity contribution in [3.05, 3.63) is 91.1 Å². The molecule has 210 valence electrons. The van der Waals surface area contributed by atoms with Gasteiger partial charge < -0.3 is 5.32 Å². The Bertz CT molecular complexity index is 1980. The summed E-state index contributed by atoms with van der Waals surface area (Å²) in [6, 6.07) is 4.79. The fourth-order valence-electron chi connectivity index (χ4n) is 5.10. The number of hydrogen-bond acceptors (Lipinski definition) is 7. The van der Waals surface area contributed by atoms with Gasteiger partial charge in [0.25, 0.3) is 0 Å². The number of benzene rings is 2. The summed E-state index contributed by atoms with van der Waals surface area (Å²) in [5, 5.41) is 13.0. The number of fused-ring (bicyclic) bond motifs is 3. The lowest BCUT2D eigenvalue weighted by atomic mass is 10.1. The molecule has 0 amide bonds. The van der Waals surface area contributed by atoms with E-state index in [4.69, 9.17) is 11.6 Å². The number of aromatic nitrogens is 8. The molecule has 1 saturated carbocycles. The average molecular weight is 584 g/mol. The average Bonchev–Trinajstić information content (AvgIpc) is 3.33. The van der Waals surface area contributed by atoms with Crippen molar-refractivity contribution in [3.63, 3.8) is 0 Å². The van der Waals surface area contributed by atoms with Crippen LogP contribution in [-0.2, 0) is 26.1 Å². The molecule has 3 aromatic heterocycles. The second kappa shape index (κ2) is 9.58. The first-order valence-electron chi connectivity index (χ1n) is 13.0. The molecule has 1 N–H and O–H groups in total. The third kappa shape index (κ3) is 4.47. The van der Waals surface area contributed by atoms with Gasteiger partial charge in [-0.25, -0.2) is 37.0 Å². The molecule has 7 rings (SSSR count). The minimum Gasteiger partial charge on any atom is -0.322 e. The zero-order valence-corrected chi connectivity index (χ0v) is 22.1. The highest BCUT2D eigenvalue weighted by Gasteiger charge is 2.26. The molecule has 0 saturated heterocycles. The molecule has 0 unspecified atom stereocenters. The van der Waals surface area contributed by atoms with Crippen molar-refractivity contribution in [2.75, 3.05) is 5.32 Å². The predicted molar refractivity (Wildman–Crippen MR) is 142 cm³/mol. The van der Waals surface area contributed by atoms with E-state index < -0.39 is 35.4 Å². The molecule has 4 heterocycles. The summed E-state index contributed by atoms with van der Waals surface area (Å²) in [5.74, 6) is -3.80. The summed E-state index contributed by atoms with van der Waals surface area (Å²) < 4.78 is 47.7. The Balaban J connectivity index is 1.35. The molecule has 0 spiro atoms. The van der Waals surface area contributed by atoms with Gasteiger partial charge in [-0.3, -0.25) is 9.25 Å². The lowest BCUT2D eigenvalue weighted by Gasteiger charge is -2.16. The van der Waals surface area contributed by atoms with Gasteiger partial charge in [0, 0.05) is 29.3 Å². The van der Waals surface area contributed by atoms with Crippen LogP contribution in [0.3, 0.4) is 0 Å². The van der Waals surface area contributed by atoms with Crippen molar-refractivity contribution in [2.24, 2.45) is 0 Å². The summed E-state index contributed by atoms with van der Waals surface area (Å²) >= 11 is 6.52. The number of nitrogens with zero attached hydrogens (tertiary/aromatic N) is 8. The molecule has 15 heteroatoms. The lowest BCUT2D eigenvalue weighted by molar-refractivity contribution is 0.485. The molecule has 1 aliphatic carbocycles. The molecule has 0 atom stereocenters. The second-order valence-corrected chi connectivity index (χ2v) is 10.5. The van der Waals surface area contributed by atoms with E-state index in [2.05, 4.69) is 25.5 Å². The quantitative estimate of drug-likeness (QED) is 0.291. The van der Waals surface area contributed by atoms with Crippen LogP contribution in [0, 0.1) is 17.5 Å². The van der Waals surface area contributed by atoms with Gasteiger partial charge in [0.1, 0.15) is 17.7 Å². The SMILES string of the molecule is O=c1nc(Nc2c(Cl)ccc3c4n(nc23)CCC4)n(Cc2cc(F)c(F)cc2F)c(=O)n1Cc1ncn(C2CC2)n1. The third-order valence-electron chi connectivity index (χ3n) is 7.33. The van der Waals surface area contributed by atoms with E-state index >= 15 is 0 Å². The summed E-state index contributed by atoms with van der Waals surface area (Å²) in [7, 11) is 0. The van der Waals surface area contributed by atoms with E-state index in [9.17, 15) is 22.8 Å². The van der Waals surface area contributed by atoms with Crippen LogP contribution in [-0.4, -0.2) is 38.7 Å². The first-order valence-corrected chi connectivity index (χ1v) is 13.3. The van der Waals surface area contributed by atoms with Gasteiger partial charge in [-0.05, 0) is 43.9 Å². The largest absolute Gasteiger partial charge is 0.355 e. The Morgan fingerprint density at radius 2 is 1.80 bits per heavy atom. The highest BCUT2D eigenvalue weighted by Crippen LogP contribution is 2.36. The maximum atomic E-state index is 14.7. The van der Waals surface area contributed by atoms with Gasteiger partial charge in [-0.2, -0.15) is 15.2 Å². The lowest BCUT2D eigenvalue weighted by Crippen LogP contribution is -2.43. The van der Waals surface area contributed by atoms with Crippen molar-refractivity contribution in [1.82, 2.24) is 38.7 Å². The maximum Gasteiger partial charge on any atom is 0.355 e. The fraction of sp³-hybridized carbons (Fsp3) is 0.308. The molecule has 1 fully saturated rings. The first kappa shape index (κ1) is 25.5. The summed E-state index contributed by atoms with van der Waals surface area (Å²) in [6.07, 6.45) is 5.24. The molecule has 41 heavy (non-hydrogen) atoms. The molecule has 2 aliphatic rings. The van der Waals surface area contributed by atoms with E-state index in [0.29, 0.717) is 23.3 Å². The van der Waals surface area contributed by atoms with Crippen molar-refractivity contribution in [1.29, 1.82) is 0 Å². The topological polar surface area (TPSA) is 117 Å². The molecular formula is C26H21ClF3N9O2. The van der Waals surface area contributed by atoms with Gasteiger partial charge >= 0.3 is 11.4 Å². The van der Waals surface area contributed by atoms with Crippen LogP contribution in [0.5, 0.6) is 0 Å².